The SMILES string of the molecule is COc1ccc(N2C(=O)C3CNNC3N=C2SCc2nc(-c3ccc(F)cc3)no2)cc1Cl. The van der Waals surface area contributed by atoms with Gasteiger partial charge in [0.1, 0.15) is 17.7 Å². The first-order valence-corrected chi connectivity index (χ1v) is 11.3. The summed E-state index contributed by atoms with van der Waals surface area (Å²) >= 11 is 7.60. The van der Waals surface area contributed by atoms with Gasteiger partial charge in [0.15, 0.2) is 5.17 Å². The van der Waals surface area contributed by atoms with Crippen LogP contribution in [0.1, 0.15) is 5.89 Å². The number of fused-ring (bicyclic) bond motifs is 1. The van der Waals surface area contributed by atoms with Gasteiger partial charge in [0, 0.05) is 12.1 Å². The molecule has 5 rings (SSSR count). The highest BCUT2D eigenvalue weighted by Crippen LogP contribution is 2.34. The summed E-state index contributed by atoms with van der Waals surface area (Å²) < 4.78 is 23.7. The number of aliphatic imine (C=N–C) groups is 1. The van der Waals surface area contributed by atoms with E-state index in [1.165, 1.54) is 31.0 Å². The van der Waals surface area contributed by atoms with E-state index in [2.05, 4.69) is 21.0 Å². The van der Waals surface area contributed by atoms with Gasteiger partial charge in [-0.15, -0.1) is 0 Å². The normalized spacial score (nSPS) is 20.0. The molecule has 1 aromatic heterocycles. The van der Waals surface area contributed by atoms with Crippen LogP contribution in [0.2, 0.25) is 5.02 Å². The van der Waals surface area contributed by atoms with E-state index in [1.807, 2.05) is 0 Å². The summed E-state index contributed by atoms with van der Waals surface area (Å²) in [5, 5.41) is 4.82. The number of aromatic nitrogens is 2. The summed E-state index contributed by atoms with van der Waals surface area (Å²) in [5.41, 5.74) is 7.23. The van der Waals surface area contributed by atoms with Crippen molar-refractivity contribution >= 4 is 40.1 Å². The van der Waals surface area contributed by atoms with E-state index < -0.39 is 0 Å². The van der Waals surface area contributed by atoms with Crippen molar-refractivity contribution in [3.05, 3.63) is 59.2 Å². The number of rotatable bonds is 5. The van der Waals surface area contributed by atoms with Crippen LogP contribution in [0.5, 0.6) is 5.75 Å². The molecule has 1 amide bonds. The summed E-state index contributed by atoms with van der Waals surface area (Å²) in [4.78, 5) is 23.9. The molecular weight excluding hydrogens is 471 g/mol. The average Bonchev–Trinajstić information content (AvgIpc) is 3.48. The molecular formula is C21H18ClFN6O3S. The van der Waals surface area contributed by atoms with Crippen LogP contribution in [0.4, 0.5) is 10.1 Å². The monoisotopic (exact) mass is 488 g/mol. The smallest absolute Gasteiger partial charge is 0.241 e. The van der Waals surface area contributed by atoms with Crippen LogP contribution < -0.4 is 20.5 Å². The number of hydrazine groups is 1. The second-order valence-electron chi connectivity index (χ2n) is 7.29. The Bertz CT molecular complexity index is 1220. The van der Waals surface area contributed by atoms with E-state index in [0.29, 0.717) is 45.5 Å². The van der Waals surface area contributed by atoms with Crippen molar-refractivity contribution in [3.63, 3.8) is 0 Å². The number of hydrogen-bond donors (Lipinski definition) is 2. The van der Waals surface area contributed by atoms with Crippen LogP contribution in [0, 0.1) is 11.7 Å². The lowest BCUT2D eigenvalue weighted by Gasteiger charge is -2.32. The van der Waals surface area contributed by atoms with Gasteiger partial charge in [0.2, 0.25) is 17.6 Å². The van der Waals surface area contributed by atoms with Gasteiger partial charge < -0.3 is 9.26 Å². The molecule has 0 radical (unpaired) electrons. The first-order valence-electron chi connectivity index (χ1n) is 9.98. The van der Waals surface area contributed by atoms with Gasteiger partial charge >= 0.3 is 0 Å². The molecule has 12 heteroatoms. The molecule has 2 aliphatic rings. The molecule has 1 fully saturated rings. The summed E-state index contributed by atoms with van der Waals surface area (Å²) in [7, 11) is 1.53. The minimum Gasteiger partial charge on any atom is -0.495 e. The van der Waals surface area contributed by atoms with Gasteiger partial charge in [-0.05, 0) is 42.5 Å². The number of carbonyl (C=O) groups excluding carboxylic acids is 1. The fourth-order valence-corrected chi connectivity index (χ4v) is 4.69. The fourth-order valence-electron chi connectivity index (χ4n) is 3.56. The maximum absolute atomic E-state index is 13.3. The van der Waals surface area contributed by atoms with Crippen molar-refractivity contribution in [1.82, 2.24) is 21.0 Å². The Kier molecular flexibility index (Phi) is 6.02. The van der Waals surface area contributed by atoms with Crippen molar-refractivity contribution in [2.24, 2.45) is 10.9 Å². The van der Waals surface area contributed by atoms with Crippen LogP contribution in [0.3, 0.4) is 0 Å². The third-order valence-electron chi connectivity index (χ3n) is 5.22. The first-order chi connectivity index (χ1) is 16.0. The van der Waals surface area contributed by atoms with E-state index in [-0.39, 0.29) is 29.6 Å². The lowest BCUT2D eigenvalue weighted by molar-refractivity contribution is -0.121. The zero-order chi connectivity index (χ0) is 22.9. The Hall–Kier alpha value is -2.99. The zero-order valence-corrected chi connectivity index (χ0v) is 18.9. The largest absolute Gasteiger partial charge is 0.495 e. The number of nitrogens with one attached hydrogen (secondary N) is 2. The van der Waals surface area contributed by atoms with Crippen molar-refractivity contribution in [2.75, 3.05) is 18.6 Å². The topological polar surface area (TPSA) is 105 Å². The van der Waals surface area contributed by atoms with Gasteiger partial charge in [-0.3, -0.25) is 15.1 Å². The van der Waals surface area contributed by atoms with Gasteiger partial charge in [-0.25, -0.2) is 14.8 Å². The number of thioether (sulfide) groups is 1. The number of benzene rings is 2. The molecule has 9 nitrogen and oxygen atoms in total. The van der Waals surface area contributed by atoms with Crippen LogP contribution in [-0.2, 0) is 10.5 Å². The molecule has 2 atom stereocenters. The lowest BCUT2D eigenvalue weighted by atomic mass is 10.0. The highest BCUT2D eigenvalue weighted by molar-refractivity contribution is 8.13. The predicted molar refractivity (Wildman–Crippen MR) is 122 cm³/mol. The number of amides is 1. The quantitative estimate of drug-likeness (QED) is 0.564. The maximum Gasteiger partial charge on any atom is 0.241 e. The van der Waals surface area contributed by atoms with Crippen LogP contribution in [-0.4, -0.2) is 41.0 Å². The number of anilines is 1. The van der Waals surface area contributed by atoms with Crippen molar-refractivity contribution in [1.29, 1.82) is 0 Å². The molecule has 0 bridgehead atoms. The summed E-state index contributed by atoms with van der Waals surface area (Å²) in [6.45, 7) is 0.468. The molecule has 33 heavy (non-hydrogen) atoms. The molecule has 0 saturated carbocycles. The van der Waals surface area contributed by atoms with Gasteiger partial charge in [-0.2, -0.15) is 4.98 Å². The Balaban J connectivity index is 1.39. The van der Waals surface area contributed by atoms with Crippen LogP contribution in [0.15, 0.2) is 52.0 Å². The molecule has 3 aromatic rings. The molecule has 170 valence electrons. The predicted octanol–water partition coefficient (Wildman–Crippen LogP) is 3.22. The van der Waals surface area contributed by atoms with E-state index >= 15 is 0 Å². The molecule has 2 N–H and O–H groups in total. The Morgan fingerprint density at radius 3 is 2.88 bits per heavy atom. The van der Waals surface area contributed by atoms with Crippen LogP contribution >= 0.6 is 23.4 Å². The van der Waals surface area contributed by atoms with Crippen LogP contribution in [0.25, 0.3) is 11.4 Å². The van der Waals surface area contributed by atoms with Gasteiger partial charge in [0.05, 0.1) is 29.5 Å². The first kappa shape index (κ1) is 21.8. The van der Waals surface area contributed by atoms with Gasteiger partial charge in [-0.1, -0.05) is 28.5 Å². The van der Waals surface area contributed by atoms with Crippen molar-refractivity contribution in [3.8, 4) is 17.1 Å². The average molecular weight is 489 g/mol. The summed E-state index contributed by atoms with van der Waals surface area (Å²) in [5.74, 6) is 0.709. The lowest BCUT2D eigenvalue weighted by Crippen LogP contribution is -2.49. The third kappa shape index (κ3) is 4.32. The van der Waals surface area contributed by atoms with Gasteiger partial charge in [0.25, 0.3) is 0 Å². The standard InChI is InChI=1S/C21H18ClFN6O3S/c1-31-16-7-6-13(8-15(16)22)29-20(30)14-9-24-27-19(14)26-21(29)33-10-17-25-18(28-32-17)11-2-4-12(23)5-3-11/h2-8,14,19,24,27H,9-10H2,1H3. The summed E-state index contributed by atoms with van der Waals surface area (Å²) in [6, 6.07) is 11.0. The second-order valence-corrected chi connectivity index (χ2v) is 8.64. The molecule has 0 aliphatic carbocycles. The van der Waals surface area contributed by atoms with Crippen molar-refractivity contribution in [2.45, 2.75) is 11.9 Å². The number of methoxy groups -OCH3 is 1. The Labute approximate surface area is 197 Å². The minimum absolute atomic E-state index is 0.103. The molecule has 2 aromatic carbocycles. The number of nitrogens with zero attached hydrogens (tertiary/aromatic N) is 4. The third-order valence-corrected chi connectivity index (χ3v) is 6.45. The van der Waals surface area contributed by atoms with E-state index in [9.17, 15) is 9.18 Å². The molecule has 0 spiro atoms. The minimum atomic E-state index is -0.373. The Morgan fingerprint density at radius 1 is 1.30 bits per heavy atom. The highest BCUT2D eigenvalue weighted by Gasteiger charge is 2.42. The summed E-state index contributed by atoms with van der Waals surface area (Å²) in [6.07, 6.45) is -0.373. The van der Waals surface area contributed by atoms with E-state index in [1.54, 1.807) is 35.2 Å². The number of carbonyl (C=O) groups is 1. The van der Waals surface area contributed by atoms with E-state index in [4.69, 9.17) is 25.9 Å². The number of halogens is 2. The second kappa shape index (κ2) is 9.10. The van der Waals surface area contributed by atoms with E-state index in [0.717, 1.165) is 0 Å². The van der Waals surface area contributed by atoms with Crippen molar-refractivity contribution < 1.29 is 18.4 Å². The zero-order valence-electron chi connectivity index (χ0n) is 17.3. The fraction of sp³-hybridized carbons (Fsp3) is 0.238. The molecule has 3 heterocycles. The number of ether oxygens (including phenoxy) is 1. The molecule has 1 saturated heterocycles. The number of hydrogen-bond acceptors (Lipinski definition) is 9. The molecule has 2 unspecified atom stereocenters. The molecule has 2 aliphatic heterocycles. The number of amidine groups is 1. The maximum atomic E-state index is 13.3. The Morgan fingerprint density at radius 2 is 2.12 bits per heavy atom. The highest BCUT2D eigenvalue weighted by atomic mass is 35.5.